The van der Waals surface area contributed by atoms with Crippen LogP contribution in [0.5, 0.6) is 5.75 Å². The van der Waals surface area contributed by atoms with E-state index in [1.54, 1.807) is 7.05 Å². The van der Waals surface area contributed by atoms with Crippen LogP contribution in [0.15, 0.2) is 36.4 Å². The summed E-state index contributed by atoms with van der Waals surface area (Å²) in [5.41, 5.74) is 5.20. The molecule has 0 aliphatic carbocycles. The Balaban J connectivity index is 2.27. The molecule has 0 aliphatic heterocycles. The molecule has 0 bridgehead atoms. The van der Waals surface area contributed by atoms with Crippen LogP contribution in [0.1, 0.15) is 33.9 Å². The predicted molar refractivity (Wildman–Crippen MR) is 95.2 cm³/mol. The number of nitrogens with one attached hydrogen (secondary N) is 1. The maximum Gasteiger partial charge on any atom is 0.253 e. The van der Waals surface area contributed by atoms with Gasteiger partial charge >= 0.3 is 0 Å². The third-order valence-electron chi connectivity index (χ3n) is 4.03. The second kappa shape index (κ2) is 7.97. The van der Waals surface area contributed by atoms with Crippen molar-refractivity contribution >= 4 is 5.91 Å². The number of methoxy groups -OCH3 is 1. The highest BCUT2D eigenvalue weighted by atomic mass is 16.5. The van der Waals surface area contributed by atoms with Gasteiger partial charge in [-0.25, -0.2) is 0 Å². The molecule has 2 rings (SSSR count). The number of rotatable bonds is 6. The third kappa shape index (κ3) is 3.95. The number of benzene rings is 2. The summed E-state index contributed by atoms with van der Waals surface area (Å²) in [6.45, 7) is 6.55. The number of carbonyl (C=O) groups is 1. The summed E-state index contributed by atoms with van der Waals surface area (Å²) in [5, 5.41) is 2.64. The summed E-state index contributed by atoms with van der Waals surface area (Å²) in [4.78, 5) is 12.0. The molecular weight excluding hydrogens is 302 g/mol. The first kappa shape index (κ1) is 18.0. The average Bonchev–Trinajstić information content (AvgIpc) is 2.55. The van der Waals surface area contributed by atoms with Crippen molar-refractivity contribution in [2.75, 3.05) is 14.2 Å². The first-order valence-electron chi connectivity index (χ1n) is 8.00. The standard InChI is InChI=1S/C20H25NO3/c1-13-10-14(2)18(15(3)11-13)24-12-16-8-6-7-9-17(16)19(23-5)20(22)21-4/h6-11,19H,12H2,1-5H3,(H,21,22). The van der Waals surface area contributed by atoms with Gasteiger partial charge in [0.05, 0.1) is 0 Å². The van der Waals surface area contributed by atoms with Gasteiger partial charge in [-0.05, 0) is 43.0 Å². The minimum atomic E-state index is -0.644. The van der Waals surface area contributed by atoms with E-state index >= 15 is 0 Å². The minimum Gasteiger partial charge on any atom is -0.488 e. The fourth-order valence-electron chi connectivity index (χ4n) is 2.97. The van der Waals surface area contributed by atoms with Crippen LogP contribution >= 0.6 is 0 Å². The van der Waals surface area contributed by atoms with Gasteiger partial charge < -0.3 is 14.8 Å². The Labute approximate surface area is 143 Å². The van der Waals surface area contributed by atoms with Crippen molar-refractivity contribution in [3.05, 3.63) is 64.2 Å². The lowest BCUT2D eigenvalue weighted by molar-refractivity contribution is -0.130. The van der Waals surface area contributed by atoms with Crippen molar-refractivity contribution in [2.24, 2.45) is 0 Å². The van der Waals surface area contributed by atoms with Gasteiger partial charge in [-0.1, -0.05) is 42.0 Å². The molecule has 2 aromatic carbocycles. The SMILES string of the molecule is CNC(=O)C(OC)c1ccccc1COc1c(C)cc(C)cc1C. The highest BCUT2D eigenvalue weighted by molar-refractivity contribution is 5.82. The van der Waals surface area contributed by atoms with Gasteiger partial charge in [-0.2, -0.15) is 0 Å². The largest absolute Gasteiger partial charge is 0.488 e. The number of likely N-dealkylation sites (N-methyl/N-ethyl adjacent to an activating group) is 1. The molecule has 1 N–H and O–H groups in total. The normalized spacial score (nSPS) is 11.9. The van der Waals surface area contributed by atoms with Crippen LogP contribution in [0.3, 0.4) is 0 Å². The number of aryl methyl sites for hydroxylation is 3. The van der Waals surface area contributed by atoms with Gasteiger partial charge in [0.2, 0.25) is 0 Å². The fraction of sp³-hybridized carbons (Fsp3) is 0.350. The fourth-order valence-corrected chi connectivity index (χ4v) is 2.97. The second-order valence-corrected chi connectivity index (χ2v) is 5.95. The molecule has 0 saturated carbocycles. The van der Waals surface area contributed by atoms with E-state index in [-0.39, 0.29) is 5.91 Å². The van der Waals surface area contributed by atoms with E-state index in [0.29, 0.717) is 6.61 Å². The van der Waals surface area contributed by atoms with Crippen molar-refractivity contribution in [3.63, 3.8) is 0 Å². The maximum absolute atomic E-state index is 12.0. The van der Waals surface area contributed by atoms with E-state index in [1.807, 2.05) is 38.1 Å². The molecule has 0 spiro atoms. The molecule has 1 unspecified atom stereocenters. The Morgan fingerprint density at radius 2 is 1.75 bits per heavy atom. The van der Waals surface area contributed by atoms with Crippen molar-refractivity contribution in [3.8, 4) is 5.75 Å². The Bertz CT molecular complexity index is 702. The lowest BCUT2D eigenvalue weighted by Crippen LogP contribution is -2.27. The molecule has 4 heteroatoms. The monoisotopic (exact) mass is 327 g/mol. The van der Waals surface area contributed by atoms with Crippen LogP contribution in [0.2, 0.25) is 0 Å². The van der Waals surface area contributed by atoms with E-state index in [2.05, 4.69) is 24.4 Å². The van der Waals surface area contributed by atoms with Crippen LogP contribution in [0, 0.1) is 20.8 Å². The summed E-state index contributed by atoms with van der Waals surface area (Å²) < 4.78 is 11.4. The number of hydrogen-bond acceptors (Lipinski definition) is 3. The number of ether oxygens (including phenoxy) is 2. The van der Waals surface area contributed by atoms with E-state index < -0.39 is 6.10 Å². The number of hydrogen-bond donors (Lipinski definition) is 1. The van der Waals surface area contributed by atoms with E-state index in [1.165, 1.54) is 12.7 Å². The Hall–Kier alpha value is -2.33. The molecule has 24 heavy (non-hydrogen) atoms. The lowest BCUT2D eigenvalue weighted by atomic mass is 10.0. The zero-order chi connectivity index (χ0) is 17.7. The van der Waals surface area contributed by atoms with Crippen molar-refractivity contribution in [1.29, 1.82) is 0 Å². The van der Waals surface area contributed by atoms with E-state index in [9.17, 15) is 4.79 Å². The van der Waals surface area contributed by atoms with Crippen molar-refractivity contribution in [1.82, 2.24) is 5.32 Å². The molecular formula is C20H25NO3. The van der Waals surface area contributed by atoms with E-state index in [0.717, 1.165) is 28.0 Å². The molecule has 0 aliphatic rings. The maximum atomic E-state index is 12.0. The Morgan fingerprint density at radius 1 is 1.12 bits per heavy atom. The topological polar surface area (TPSA) is 47.6 Å². The molecule has 0 radical (unpaired) electrons. The Morgan fingerprint density at radius 3 is 2.33 bits per heavy atom. The van der Waals surface area contributed by atoms with Crippen LogP contribution in [0.25, 0.3) is 0 Å². The summed E-state index contributed by atoms with van der Waals surface area (Å²) in [5.74, 6) is 0.719. The second-order valence-electron chi connectivity index (χ2n) is 5.95. The van der Waals surface area contributed by atoms with Crippen LogP contribution in [-0.2, 0) is 16.1 Å². The molecule has 0 heterocycles. The van der Waals surface area contributed by atoms with Crippen molar-refractivity contribution < 1.29 is 14.3 Å². The Kier molecular flexibility index (Phi) is 5.99. The molecule has 1 amide bonds. The zero-order valence-corrected chi connectivity index (χ0v) is 15.0. The van der Waals surface area contributed by atoms with Gasteiger partial charge in [-0.15, -0.1) is 0 Å². The molecule has 128 valence electrons. The molecule has 2 aromatic rings. The average molecular weight is 327 g/mol. The van der Waals surface area contributed by atoms with Crippen LogP contribution < -0.4 is 10.1 Å². The molecule has 1 atom stereocenters. The molecule has 0 saturated heterocycles. The summed E-state index contributed by atoms with van der Waals surface area (Å²) in [7, 11) is 3.14. The smallest absolute Gasteiger partial charge is 0.253 e. The first-order chi connectivity index (χ1) is 11.5. The van der Waals surface area contributed by atoms with Crippen molar-refractivity contribution in [2.45, 2.75) is 33.5 Å². The number of amides is 1. The molecule has 0 fully saturated rings. The van der Waals surface area contributed by atoms with Gasteiger partial charge in [0.25, 0.3) is 5.91 Å². The first-order valence-corrected chi connectivity index (χ1v) is 8.00. The minimum absolute atomic E-state index is 0.173. The summed E-state index contributed by atoms with van der Waals surface area (Å²) in [6, 6.07) is 11.9. The highest BCUT2D eigenvalue weighted by Gasteiger charge is 2.21. The zero-order valence-electron chi connectivity index (χ0n) is 15.0. The predicted octanol–water partition coefficient (Wildman–Crippen LogP) is 3.62. The van der Waals surface area contributed by atoms with Gasteiger partial charge in [0, 0.05) is 14.2 Å². The summed E-state index contributed by atoms with van der Waals surface area (Å²) in [6.07, 6.45) is -0.644. The molecule has 0 aromatic heterocycles. The van der Waals surface area contributed by atoms with Gasteiger partial charge in [0.1, 0.15) is 12.4 Å². The van der Waals surface area contributed by atoms with Gasteiger partial charge in [0.15, 0.2) is 6.10 Å². The van der Waals surface area contributed by atoms with Gasteiger partial charge in [-0.3, -0.25) is 4.79 Å². The lowest BCUT2D eigenvalue weighted by Gasteiger charge is -2.19. The highest BCUT2D eigenvalue weighted by Crippen LogP contribution is 2.27. The van der Waals surface area contributed by atoms with Crippen LogP contribution in [0.4, 0.5) is 0 Å². The quantitative estimate of drug-likeness (QED) is 0.881. The molecule has 4 nitrogen and oxygen atoms in total. The third-order valence-corrected chi connectivity index (χ3v) is 4.03. The van der Waals surface area contributed by atoms with E-state index in [4.69, 9.17) is 9.47 Å². The van der Waals surface area contributed by atoms with Crippen LogP contribution in [-0.4, -0.2) is 20.1 Å². The summed E-state index contributed by atoms with van der Waals surface area (Å²) >= 11 is 0. The number of carbonyl (C=O) groups excluding carboxylic acids is 1.